The second kappa shape index (κ2) is 9.61. The van der Waals surface area contributed by atoms with Crippen LogP contribution in [-0.4, -0.2) is 36.6 Å². The number of hydrogen-bond acceptors (Lipinski definition) is 5. The number of nitrogens with one attached hydrogen (secondary N) is 1. The van der Waals surface area contributed by atoms with E-state index in [1.165, 1.54) is 6.92 Å². The minimum absolute atomic E-state index is 0.0604. The van der Waals surface area contributed by atoms with E-state index in [-0.39, 0.29) is 19.6 Å². The maximum atomic E-state index is 12.5. The summed E-state index contributed by atoms with van der Waals surface area (Å²) in [6.45, 7) is 4.73. The largest absolute Gasteiger partial charge is 0.464 e. The second-order valence-corrected chi connectivity index (χ2v) is 6.40. The highest BCUT2D eigenvalue weighted by Crippen LogP contribution is 2.20. The van der Waals surface area contributed by atoms with Crippen LogP contribution in [0.3, 0.4) is 0 Å². The van der Waals surface area contributed by atoms with Crippen LogP contribution in [0.5, 0.6) is 0 Å². The van der Waals surface area contributed by atoms with Gasteiger partial charge in [-0.15, -0.1) is 0 Å². The van der Waals surface area contributed by atoms with Gasteiger partial charge in [0.05, 0.1) is 13.2 Å². The highest BCUT2D eigenvalue weighted by molar-refractivity contribution is 14.1. The van der Waals surface area contributed by atoms with Gasteiger partial charge in [-0.1, -0.05) is 12.1 Å². The molecule has 132 valence electrons. The molecule has 0 aromatic heterocycles. The Hall–Kier alpha value is -1.64. The Labute approximate surface area is 155 Å². The van der Waals surface area contributed by atoms with Gasteiger partial charge in [-0.3, -0.25) is 4.79 Å². The lowest BCUT2D eigenvalue weighted by Gasteiger charge is -2.29. The van der Waals surface area contributed by atoms with Gasteiger partial charge in [0.1, 0.15) is 0 Å². The maximum absolute atomic E-state index is 12.5. The number of hydrogen-bond donors (Lipinski definition) is 1. The van der Waals surface area contributed by atoms with Gasteiger partial charge >= 0.3 is 11.9 Å². The van der Waals surface area contributed by atoms with E-state index in [2.05, 4.69) is 27.9 Å². The smallest absolute Gasteiger partial charge is 0.343 e. The zero-order chi connectivity index (χ0) is 18.2. The number of amides is 1. The first-order valence-corrected chi connectivity index (χ1v) is 8.81. The molecule has 0 spiro atoms. The molecule has 0 aliphatic carbocycles. The molecule has 0 saturated heterocycles. The fourth-order valence-corrected chi connectivity index (χ4v) is 2.60. The molecular formula is C17H22INO5. The molecule has 0 aliphatic heterocycles. The minimum Gasteiger partial charge on any atom is -0.464 e. The quantitative estimate of drug-likeness (QED) is 0.376. The average molecular weight is 447 g/mol. The first kappa shape index (κ1) is 20.4. The number of carbonyl (C=O) groups is 3. The van der Waals surface area contributed by atoms with Crippen LogP contribution >= 0.6 is 22.6 Å². The van der Waals surface area contributed by atoms with Crippen molar-refractivity contribution in [3.05, 3.63) is 33.4 Å². The predicted molar refractivity (Wildman–Crippen MR) is 97.3 cm³/mol. The van der Waals surface area contributed by atoms with Crippen molar-refractivity contribution < 1.29 is 23.9 Å². The summed E-state index contributed by atoms with van der Waals surface area (Å²) < 4.78 is 11.1. The van der Waals surface area contributed by atoms with E-state index in [1.54, 1.807) is 13.8 Å². The number of carbonyl (C=O) groups excluding carboxylic acids is 3. The van der Waals surface area contributed by atoms with Crippen LogP contribution in [0.15, 0.2) is 24.3 Å². The second-order valence-electron chi connectivity index (χ2n) is 5.15. The van der Waals surface area contributed by atoms with Gasteiger partial charge < -0.3 is 14.8 Å². The standard InChI is InChI=1S/C17H22INO5/c1-4-23-15(21)17(19-12(3)20,16(22)24-5-2)11-10-13-6-8-14(18)9-7-13/h6-9H,4-5,10-11H2,1-3H3,(H,19,20). The maximum Gasteiger partial charge on any atom is 0.343 e. The normalized spacial score (nSPS) is 10.8. The number of ether oxygens (including phenoxy) is 2. The number of aryl methyl sites for hydroxylation is 1. The zero-order valence-corrected chi connectivity index (χ0v) is 16.2. The Balaban J connectivity index is 3.11. The average Bonchev–Trinajstić information content (AvgIpc) is 2.53. The van der Waals surface area contributed by atoms with Crippen LogP contribution in [0.25, 0.3) is 0 Å². The summed E-state index contributed by atoms with van der Waals surface area (Å²) in [4.78, 5) is 36.5. The van der Waals surface area contributed by atoms with Crippen molar-refractivity contribution in [2.75, 3.05) is 13.2 Å². The molecule has 0 saturated carbocycles. The van der Waals surface area contributed by atoms with Gasteiger partial charge in [0.15, 0.2) is 0 Å². The Morgan fingerprint density at radius 2 is 1.54 bits per heavy atom. The zero-order valence-electron chi connectivity index (χ0n) is 14.1. The van der Waals surface area contributed by atoms with Crippen LogP contribution in [0.4, 0.5) is 0 Å². The van der Waals surface area contributed by atoms with Crippen LogP contribution in [0.1, 0.15) is 32.8 Å². The van der Waals surface area contributed by atoms with E-state index in [0.29, 0.717) is 6.42 Å². The molecule has 24 heavy (non-hydrogen) atoms. The van der Waals surface area contributed by atoms with Crippen molar-refractivity contribution >= 4 is 40.4 Å². The Bertz CT molecular complexity index is 567. The summed E-state index contributed by atoms with van der Waals surface area (Å²) in [7, 11) is 0. The fourth-order valence-electron chi connectivity index (χ4n) is 2.24. The third kappa shape index (κ3) is 5.47. The van der Waals surface area contributed by atoms with Crippen molar-refractivity contribution in [1.82, 2.24) is 5.32 Å². The van der Waals surface area contributed by atoms with Crippen molar-refractivity contribution in [3.63, 3.8) is 0 Å². The number of halogens is 1. The summed E-state index contributed by atoms with van der Waals surface area (Å²) in [5.74, 6) is -2.10. The predicted octanol–water partition coefficient (Wildman–Crippen LogP) is 2.22. The summed E-state index contributed by atoms with van der Waals surface area (Å²) in [6.07, 6.45) is 0.472. The van der Waals surface area contributed by atoms with Crippen molar-refractivity contribution in [3.8, 4) is 0 Å². The van der Waals surface area contributed by atoms with Gasteiger partial charge in [-0.05, 0) is 67.0 Å². The lowest BCUT2D eigenvalue weighted by Crippen LogP contribution is -2.61. The molecule has 1 aromatic rings. The summed E-state index contributed by atoms with van der Waals surface area (Å²) in [6, 6.07) is 7.70. The van der Waals surface area contributed by atoms with E-state index in [9.17, 15) is 14.4 Å². The highest BCUT2D eigenvalue weighted by Gasteiger charge is 2.49. The van der Waals surface area contributed by atoms with Gasteiger partial charge in [0.25, 0.3) is 0 Å². The molecule has 0 fully saturated rings. The molecule has 0 radical (unpaired) electrons. The van der Waals surface area contributed by atoms with Crippen molar-refractivity contribution in [1.29, 1.82) is 0 Å². The van der Waals surface area contributed by atoms with Crippen LogP contribution in [0.2, 0.25) is 0 Å². The van der Waals surface area contributed by atoms with Gasteiger partial charge in [0.2, 0.25) is 11.4 Å². The van der Waals surface area contributed by atoms with E-state index in [1.807, 2.05) is 24.3 Å². The molecular weight excluding hydrogens is 425 g/mol. The molecule has 0 atom stereocenters. The summed E-state index contributed by atoms with van der Waals surface area (Å²) in [5.41, 5.74) is -0.889. The fraction of sp³-hybridized carbons (Fsp3) is 0.471. The summed E-state index contributed by atoms with van der Waals surface area (Å²) in [5, 5.41) is 2.45. The van der Waals surface area contributed by atoms with E-state index < -0.39 is 23.4 Å². The Kier molecular flexibility index (Phi) is 8.17. The molecule has 0 heterocycles. The highest BCUT2D eigenvalue weighted by atomic mass is 127. The van der Waals surface area contributed by atoms with E-state index in [4.69, 9.17) is 9.47 Å². The van der Waals surface area contributed by atoms with Crippen LogP contribution < -0.4 is 5.32 Å². The monoisotopic (exact) mass is 447 g/mol. The number of rotatable bonds is 8. The number of benzene rings is 1. The van der Waals surface area contributed by atoms with Crippen molar-refractivity contribution in [2.45, 2.75) is 39.2 Å². The Morgan fingerprint density at radius 1 is 1.04 bits per heavy atom. The van der Waals surface area contributed by atoms with Crippen LogP contribution in [0, 0.1) is 3.57 Å². The minimum atomic E-state index is -1.83. The molecule has 1 rings (SSSR count). The molecule has 1 aromatic carbocycles. The van der Waals surface area contributed by atoms with Gasteiger partial charge in [-0.2, -0.15) is 0 Å². The molecule has 0 unspecified atom stereocenters. The number of esters is 2. The third-order valence-electron chi connectivity index (χ3n) is 3.34. The Morgan fingerprint density at radius 3 is 1.96 bits per heavy atom. The lowest BCUT2D eigenvalue weighted by atomic mass is 9.90. The topological polar surface area (TPSA) is 81.7 Å². The first-order chi connectivity index (χ1) is 11.4. The molecule has 1 amide bonds. The first-order valence-electron chi connectivity index (χ1n) is 7.73. The van der Waals surface area contributed by atoms with Crippen molar-refractivity contribution in [2.24, 2.45) is 0 Å². The SMILES string of the molecule is CCOC(=O)C(CCc1ccc(I)cc1)(NC(C)=O)C(=O)OCC. The lowest BCUT2D eigenvalue weighted by molar-refractivity contribution is -0.168. The molecule has 0 aliphatic rings. The molecule has 0 bridgehead atoms. The molecule has 6 nitrogen and oxygen atoms in total. The van der Waals surface area contributed by atoms with Gasteiger partial charge in [0, 0.05) is 10.5 Å². The molecule has 7 heteroatoms. The summed E-state index contributed by atoms with van der Waals surface area (Å²) >= 11 is 2.20. The van der Waals surface area contributed by atoms with Crippen LogP contribution in [-0.2, 0) is 30.3 Å². The third-order valence-corrected chi connectivity index (χ3v) is 4.06. The van der Waals surface area contributed by atoms with Gasteiger partial charge in [-0.25, -0.2) is 9.59 Å². The van der Waals surface area contributed by atoms with E-state index in [0.717, 1.165) is 9.13 Å². The van der Waals surface area contributed by atoms with E-state index >= 15 is 0 Å². The molecule has 1 N–H and O–H groups in total.